The van der Waals surface area contributed by atoms with Crippen LogP contribution in [0, 0.1) is 36.5 Å². The number of carboxylic acid groups (broad SMARTS) is 1. The Kier molecular flexibility index (Phi) is 25.0. The molecule has 4 N–H and O–H groups in total. The molecule has 0 bridgehead atoms. The summed E-state index contributed by atoms with van der Waals surface area (Å²) in [5, 5.41) is 24.2. The zero-order chi connectivity index (χ0) is 73.8. The van der Waals surface area contributed by atoms with Crippen molar-refractivity contribution in [2.45, 2.75) is 192 Å². The average molecular weight is 1430 g/mol. The van der Waals surface area contributed by atoms with E-state index in [0.717, 1.165) is 51.4 Å². The topological polar surface area (TPSA) is 357 Å². The number of esters is 3. The molecule has 4 heterocycles. The van der Waals surface area contributed by atoms with Gasteiger partial charge < -0.3 is 83.6 Å². The number of aryl methyl sites for hydroxylation is 2. The van der Waals surface area contributed by atoms with E-state index in [4.69, 9.17) is 42.6 Å². The van der Waals surface area contributed by atoms with E-state index in [2.05, 4.69) is 44.4 Å². The minimum atomic E-state index is -1.52. The van der Waals surface area contributed by atoms with Gasteiger partial charge >= 0.3 is 59.7 Å². The molecule has 2 saturated heterocycles. The number of nitrogens with one attached hydrogen (secondary N) is 4. The summed E-state index contributed by atoms with van der Waals surface area (Å²) >= 11 is 0. The van der Waals surface area contributed by atoms with E-state index >= 15 is 0 Å². The maximum atomic E-state index is 14.5. The fourth-order valence-corrected chi connectivity index (χ4v) is 14.0. The van der Waals surface area contributed by atoms with Gasteiger partial charge in [0.05, 0.1) is 71.3 Å². The minimum absolute atomic E-state index is 0. The molecule has 2 aromatic heterocycles. The number of hydrogen-bond donors (Lipinski definition) is 4. The second kappa shape index (κ2) is 32.3. The van der Waals surface area contributed by atoms with E-state index < -0.39 is 118 Å². The average Bonchev–Trinajstić information content (AvgIpc) is 1.57. The van der Waals surface area contributed by atoms with Crippen LogP contribution >= 0.6 is 0 Å². The SMILES string of the molecule is C=C[C@@H]1C[C@]1(NC(=O)[C@@H]1C[C@@H](Oc2cc(C(=O)OC)nc3c(C)c(OC)ccc23)CN1C(=O)[C@@H](NC(=O)OC1CCCC1)C(C)(C)C)C(=O)OC.C=C[C@@H]1C[C@]1(NC(=O)[C@@H]1C[C@@H](Oc2cc(C(=O)[O-])nc3c(C)c(OC)ccc23)CN1C(=O)[C@@H](NC(=O)OC1CCCC1)C(C)(C)C)C(=O)OC.[Na+]. The summed E-state index contributed by atoms with van der Waals surface area (Å²) in [4.78, 5) is 145. The quantitative estimate of drug-likeness (QED) is 0.0378. The molecule has 10 atom stereocenters. The first-order valence-electron chi connectivity index (χ1n) is 34.0. The van der Waals surface area contributed by atoms with Gasteiger partial charge in [0, 0.05) is 58.7 Å². The van der Waals surface area contributed by atoms with E-state index in [-0.39, 0.29) is 109 Å². The summed E-state index contributed by atoms with van der Waals surface area (Å²) < 4.78 is 50.0. The normalized spacial score (nSPS) is 23.5. The van der Waals surface area contributed by atoms with Crippen LogP contribution < -0.4 is 74.9 Å². The Hall–Kier alpha value is -8.76. The predicted octanol–water partition coefficient (Wildman–Crippen LogP) is 3.59. The van der Waals surface area contributed by atoms with Crippen molar-refractivity contribution >= 4 is 81.5 Å². The maximum absolute atomic E-state index is 14.5. The number of carbonyl (C=O) groups excluding carboxylic acids is 10. The molecule has 2 aliphatic heterocycles. The van der Waals surface area contributed by atoms with Crippen molar-refractivity contribution in [3.8, 4) is 23.0 Å². The zero-order valence-electron chi connectivity index (χ0n) is 60.7. The van der Waals surface area contributed by atoms with Crippen molar-refractivity contribution in [2.24, 2.45) is 22.7 Å². The van der Waals surface area contributed by atoms with E-state index in [0.29, 0.717) is 50.9 Å². The Morgan fingerprint density at radius 2 is 0.931 bits per heavy atom. The van der Waals surface area contributed by atoms with Crippen molar-refractivity contribution in [3.63, 3.8) is 0 Å². The number of rotatable bonds is 22. The Labute approximate surface area is 615 Å². The number of pyridine rings is 2. The maximum Gasteiger partial charge on any atom is 1.00 e. The summed E-state index contributed by atoms with van der Waals surface area (Å²) in [7, 11) is 6.74. The minimum Gasteiger partial charge on any atom is -0.543 e. The van der Waals surface area contributed by atoms with Crippen LogP contribution in [0.1, 0.15) is 151 Å². The first-order chi connectivity index (χ1) is 47.8. The number of likely N-dealkylation sites (tertiary alicyclic amines) is 2. The van der Waals surface area contributed by atoms with Crippen molar-refractivity contribution in [1.82, 2.24) is 41.0 Å². The first kappa shape index (κ1) is 79.0. The van der Waals surface area contributed by atoms with Crippen molar-refractivity contribution in [2.75, 3.05) is 48.6 Å². The Balaban J connectivity index is 0.000000256. The number of ether oxygens (including phenoxy) is 9. The molecule has 4 saturated carbocycles. The summed E-state index contributed by atoms with van der Waals surface area (Å²) in [5.74, 6) is -4.92. The molecule has 28 nitrogen and oxygen atoms in total. The predicted molar refractivity (Wildman–Crippen MR) is 363 cm³/mol. The van der Waals surface area contributed by atoms with E-state index in [1.165, 1.54) is 57.5 Å². The van der Waals surface area contributed by atoms with E-state index in [1.807, 2.05) is 20.8 Å². The summed E-state index contributed by atoms with van der Waals surface area (Å²) in [6, 6.07) is 5.21. The number of nitrogens with zero attached hydrogens (tertiary/aromatic N) is 4. The number of alkyl carbamates (subject to hydrolysis) is 2. The van der Waals surface area contributed by atoms with Gasteiger partial charge in [-0.05, 0) is 113 Å². The second-order valence-electron chi connectivity index (χ2n) is 28.8. The van der Waals surface area contributed by atoms with Crippen molar-refractivity contribution < 1.29 is 125 Å². The molecular formula is C73H93N8NaO20. The van der Waals surface area contributed by atoms with Gasteiger partial charge in [0.1, 0.15) is 82.7 Å². The fourth-order valence-electron chi connectivity index (χ4n) is 14.0. The van der Waals surface area contributed by atoms with Crippen LogP contribution in [0.3, 0.4) is 0 Å². The van der Waals surface area contributed by atoms with Gasteiger partial charge in [-0.15, -0.1) is 13.2 Å². The number of fused-ring (bicyclic) bond motifs is 2. The number of amides is 6. The van der Waals surface area contributed by atoms with Crippen LogP contribution in [-0.4, -0.2) is 188 Å². The van der Waals surface area contributed by atoms with Gasteiger partial charge in [0.2, 0.25) is 23.6 Å². The van der Waals surface area contributed by atoms with Crippen molar-refractivity contribution in [3.05, 3.63) is 84.2 Å². The van der Waals surface area contributed by atoms with Gasteiger partial charge in [-0.3, -0.25) is 19.2 Å². The fraction of sp³-hybridized carbons (Fsp3) is 0.562. The molecule has 546 valence electrons. The molecule has 102 heavy (non-hydrogen) atoms. The Morgan fingerprint density at radius 1 is 0.559 bits per heavy atom. The number of aromatic nitrogens is 2. The molecule has 4 aromatic rings. The number of hydrogen-bond acceptors (Lipinski definition) is 22. The number of methoxy groups -OCH3 is 5. The second-order valence-corrected chi connectivity index (χ2v) is 28.8. The van der Waals surface area contributed by atoms with Crippen LogP contribution in [0.2, 0.25) is 0 Å². The molecule has 29 heteroatoms. The monoisotopic (exact) mass is 1420 g/mol. The number of carboxylic acids is 1. The van der Waals surface area contributed by atoms with Crippen LogP contribution in [0.25, 0.3) is 21.8 Å². The molecule has 2 aromatic carbocycles. The van der Waals surface area contributed by atoms with Gasteiger partial charge in [0.15, 0.2) is 5.69 Å². The molecule has 0 radical (unpaired) electrons. The van der Waals surface area contributed by atoms with Gasteiger partial charge in [-0.2, -0.15) is 0 Å². The third-order valence-electron chi connectivity index (χ3n) is 19.9. The zero-order valence-corrected chi connectivity index (χ0v) is 62.7. The molecule has 10 rings (SSSR count). The van der Waals surface area contributed by atoms with Gasteiger partial charge in [-0.1, -0.05) is 53.7 Å². The number of carbonyl (C=O) groups is 10. The molecule has 6 amide bonds. The third-order valence-corrected chi connectivity index (χ3v) is 19.9. The number of aromatic carboxylic acids is 1. The molecule has 4 aliphatic carbocycles. The molecule has 6 aliphatic rings. The Bertz CT molecular complexity index is 3920. The van der Waals surface area contributed by atoms with Crippen LogP contribution in [0.4, 0.5) is 9.59 Å². The van der Waals surface area contributed by atoms with E-state index in [1.54, 1.807) is 71.0 Å². The van der Waals surface area contributed by atoms with Crippen LogP contribution in [0.15, 0.2) is 61.7 Å². The van der Waals surface area contributed by atoms with Crippen LogP contribution in [-0.2, 0) is 52.5 Å². The summed E-state index contributed by atoms with van der Waals surface area (Å²) in [6.45, 7) is 21.7. The largest absolute Gasteiger partial charge is 1.00 e. The van der Waals surface area contributed by atoms with E-state index in [9.17, 15) is 53.1 Å². The standard InChI is InChI=1S/C37H48N4O10.C36H46N4O10.Na/c1-9-21-18-37(21,34(45)49-8)40-31(42)26-16-23(19-41(26)32(43)30(36(3,4)5)39-35(46)51-22-12-10-11-13-22)50-28-17-25(33(44)48-7)38-29-20(2)27(47-6)15-14-24(28)29;1-8-20-17-36(20,33(45)48-7)39-30(41)25-15-22(49-27-16-24(32(43)44)37-28-19(2)26(47-6)14-13-23(27)28)18-40(25)31(42)29(35(3,4)5)38-34(46)50-21-11-9-10-12-21;/h9,14-15,17,21-23,26,30H,1,10-13,16,18-19H2,2-8H3,(H,39,46)(H,40,42);8,13-14,16,20-22,25,29H,1,9-12,15,17-18H2,2-7H3,(H,38,46)(H,39,41)(H,43,44);/q;;+1/p-1/t21-,23-,26+,30-,37-;20-,22-,25+,29-,36-;/m11./s1. The smallest absolute Gasteiger partial charge is 0.543 e. The Morgan fingerprint density at radius 3 is 1.25 bits per heavy atom. The van der Waals surface area contributed by atoms with Gasteiger partial charge in [-0.25, -0.2) is 33.9 Å². The van der Waals surface area contributed by atoms with Crippen molar-refractivity contribution in [1.29, 1.82) is 0 Å². The number of benzene rings is 2. The molecule has 0 unspecified atom stereocenters. The first-order valence-corrected chi connectivity index (χ1v) is 34.0. The summed E-state index contributed by atoms with van der Waals surface area (Å²) in [6.07, 6.45) is 7.16. The molecular weight excluding hydrogens is 1330 g/mol. The van der Waals surface area contributed by atoms with Crippen LogP contribution in [0.5, 0.6) is 23.0 Å². The molecule has 6 fully saturated rings. The van der Waals surface area contributed by atoms with Gasteiger partial charge in [0.25, 0.3) is 0 Å². The summed E-state index contributed by atoms with van der Waals surface area (Å²) in [5.41, 5.74) is -2.56. The third kappa shape index (κ3) is 17.0. The molecule has 0 spiro atoms.